The number of amides is 3. The highest BCUT2D eigenvalue weighted by atomic mass is 33.1. The van der Waals surface area contributed by atoms with Gasteiger partial charge in [0.05, 0.1) is 61.5 Å². The lowest BCUT2D eigenvalue weighted by Gasteiger charge is -2.40. The number of hydrogen-bond donors (Lipinski definition) is 3. The molecule has 1 aliphatic carbocycles. The Hall–Kier alpha value is -4.34. The van der Waals surface area contributed by atoms with Gasteiger partial charge in [-0.25, -0.2) is 9.69 Å². The van der Waals surface area contributed by atoms with E-state index in [1.54, 1.807) is 24.4 Å². The zero-order chi connectivity index (χ0) is 39.2. The first kappa shape index (κ1) is 40.8. The van der Waals surface area contributed by atoms with Crippen molar-refractivity contribution in [2.24, 2.45) is 4.99 Å². The van der Waals surface area contributed by atoms with E-state index in [0.29, 0.717) is 79.6 Å². The highest BCUT2D eigenvalue weighted by Gasteiger charge is 2.46. The summed E-state index contributed by atoms with van der Waals surface area (Å²) in [6.07, 6.45) is 3.42. The Morgan fingerprint density at radius 1 is 1.00 bits per heavy atom. The van der Waals surface area contributed by atoms with Crippen molar-refractivity contribution in [1.29, 1.82) is 0 Å². The van der Waals surface area contributed by atoms with E-state index in [4.69, 9.17) is 23.7 Å². The topological polar surface area (TPSA) is 148 Å². The molecule has 0 bridgehead atoms. The molecule has 3 aliphatic heterocycles. The SMILES string of the molecule is C=C1CC2C(O)N(C(=O)OCC(C)SS)c3cc(OCCCCCOc4cc5c(cc4OC)C(=O)NC4(C=N5)CC(=C)C4)c(OC)cc3C(=O)N2C1.CC. The Morgan fingerprint density at radius 2 is 1.63 bits per heavy atom. The number of hydrogen-bond acceptors (Lipinski definition) is 12. The van der Waals surface area contributed by atoms with Gasteiger partial charge in [0.25, 0.3) is 11.8 Å². The fourth-order valence-electron chi connectivity index (χ4n) is 6.87. The number of aliphatic hydroxyl groups is 1. The van der Waals surface area contributed by atoms with Crippen LogP contribution in [0.4, 0.5) is 16.2 Å². The minimum atomic E-state index is -1.38. The van der Waals surface area contributed by atoms with E-state index in [9.17, 15) is 19.5 Å². The second-order valence-electron chi connectivity index (χ2n) is 13.5. The number of aliphatic imine (C=N–C) groups is 1. The number of thiol groups is 1. The van der Waals surface area contributed by atoms with E-state index in [0.717, 1.165) is 22.5 Å². The Bertz CT molecular complexity index is 1790. The van der Waals surface area contributed by atoms with Crippen molar-refractivity contribution in [3.05, 3.63) is 59.7 Å². The fourth-order valence-corrected chi connectivity index (χ4v) is 7.18. The van der Waals surface area contributed by atoms with Gasteiger partial charge in [0.2, 0.25) is 0 Å². The van der Waals surface area contributed by atoms with Crippen molar-refractivity contribution in [1.82, 2.24) is 10.2 Å². The van der Waals surface area contributed by atoms with Gasteiger partial charge in [-0.1, -0.05) is 48.9 Å². The molecule has 0 aromatic heterocycles. The molecule has 3 heterocycles. The van der Waals surface area contributed by atoms with Crippen LogP contribution in [0.1, 0.15) is 80.0 Å². The smallest absolute Gasteiger partial charge is 0.416 e. The summed E-state index contributed by atoms with van der Waals surface area (Å²) in [5.41, 5.74) is 2.65. The highest BCUT2D eigenvalue weighted by Crippen LogP contribution is 2.43. The molecule has 4 aliphatic rings. The molecule has 13 nitrogen and oxygen atoms in total. The number of nitrogens with one attached hydrogen (secondary N) is 1. The van der Waals surface area contributed by atoms with Crippen LogP contribution in [0.5, 0.6) is 23.0 Å². The summed E-state index contributed by atoms with van der Waals surface area (Å²) in [5.74, 6) is 0.999. The van der Waals surface area contributed by atoms with Crippen molar-refractivity contribution in [3.63, 3.8) is 0 Å². The number of aliphatic hydroxyl groups excluding tert-OH is 1. The van der Waals surface area contributed by atoms with Gasteiger partial charge in [0.1, 0.15) is 6.61 Å². The number of ether oxygens (including phenoxy) is 5. The fraction of sp³-hybridized carbons (Fsp3) is 0.487. The molecular formula is C39H50N4O9S2. The van der Waals surface area contributed by atoms with Gasteiger partial charge >= 0.3 is 6.09 Å². The summed E-state index contributed by atoms with van der Waals surface area (Å²) < 4.78 is 28.9. The van der Waals surface area contributed by atoms with Crippen LogP contribution in [0, 0.1) is 0 Å². The third-order valence-electron chi connectivity index (χ3n) is 9.53. The number of carbonyl (C=O) groups is 3. The van der Waals surface area contributed by atoms with Crippen LogP contribution in [0.15, 0.2) is 53.6 Å². The van der Waals surface area contributed by atoms with Crippen molar-refractivity contribution < 1.29 is 43.2 Å². The number of methoxy groups -OCH3 is 2. The molecule has 1 saturated heterocycles. The number of unbranched alkanes of at least 4 members (excludes halogenated alkanes) is 2. The van der Waals surface area contributed by atoms with Crippen LogP contribution in [0.25, 0.3) is 0 Å². The molecule has 2 aromatic carbocycles. The average molecular weight is 783 g/mol. The molecule has 1 saturated carbocycles. The first-order valence-electron chi connectivity index (χ1n) is 18.1. The molecule has 2 fully saturated rings. The molecule has 3 unspecified atom stereocenters. The minimum absolute atomic E-state index is 0.0611. The third kappa shape index (κ3) is 8.63. The summed E-state index contributed by atoms with van der Waals surface area (Å²) in [7, 11) is 4.25. The Labute approximate surface area is 325 Å². The number of rotatable bonds is 13. The predicted octanol–water partition coefficient (Wildman–Crippen LogP) is 6.90. The van der Waals surface area contributed by atoms with Crippen molar-refractivity contribution >= 4 is 58.0 Å². The van der Waals surface area contributed by atoms with E-state index in [2.05, 4.69) is 35.1 Å². The van der Waals surface area contributed by atoms with Crippen LogP contribution in [0.2, 0.25) is 0 Å². The zero-order valence-corrected chi connectivity index (χ0v) is 33.2. The summed E-state index contributed by atoms with van der Waals surface area (Å²) in [6.45, 7) is 14.9. The molecule has 3 amide bonds. The summed E-state index contributed by atoms with van der Waals surface area (Å²) >= 11 is 4.19. The lowest BCUT2D eigenvalue weighted by molar-refractivity contribution is 0.0491. The monoisotopic (exact) mass is 782 g/mol. The Kier molecular flexibility index (Phi) is 13.5. The van der Waals surface area contributed by atoms with Gasteiger partial charge in [-0.2, -0.15) is 0 Å². The van der Waals surface area contributed by atoms with Crippen LogP contribution < -0.4 is 29.2 Å². The number of fused-ring (bicyclic) bond motifs is 3. The summed E-state index contributed by atoms with van der Waals surface area (Å²) in [5, 5.41) is 14.5. The first-order valence-corrected chi connectivity index (χ1v) is 20.1. The molecule has 3 atom stereocenters. The van der Waals surface area contributed by atoms with Gasteiger partial charge in [-0.05, 0) is 57.6 Å². The van der Waals surface area contributed by atoms with Crippen molar-refractivity contribution in [2.75, 3.05) is 45.5 Å². The van der Waals surface area contributed by atoms with Gasteiger partial charge in [-0.15, -0.1) is 11.7 Å². The third-order valence-corrected chi connectivity index (χ3v) is 11.1. The molecule has 54 heavy (non-hydrogen) atoms. The van der Waals surface area contributed by atoms with Crippen LogP contribution in [0.3, 0.4) is 0 Å². The quantitative estimate of drug-likeness (QED) is 0.0848. The number of anilines is 1. The van der Waals surface area contributed by atoms with Crippen LogP contribution >= 0.6 is 22.5 Å². The van der Waals surface area contributed by atoms with Crippen LogP contribution in [-0.4, -0.2) is 97.8 Å². The van der Waals surface area contributed by atoms with Crippen LogP contribution in [-0.2, 0) is 4.74 Å². The standard InChI is InChI=1S/C37H44N4O9S2.C2H6/c1-21-11-28-35(44)41(36(45)50-19-23(3)52-51)27-15-32(30(47-5)13-25(27)34(43)40(28)18-21)49-10-8-6-7-9-48-31-14-26-24(12-29(31)46-4)33(42)39-37(20-38-26)16-22(2)17-37;1-2/h12-15,20,23,28,35,44,51H,1-2,6-11,16-19H2,3-5H3,(H,39,42);1-2H3. The Balaban J connectivity index is 0.00000276. The maximum atomic E-state index is 13.8. The molecule has 292 valence electrons. The van der Waals surface area contributed by atoms with Crippen molar-refractivity contribution in [3.8, 4) is 23.0 Å². The molecular weight excluding hydrogens is 733 g/mol. The molecule has 15 heteroatoms. The lowest BCUT2D eigenvalue weighted by atomic mass is 9.74. The van der Waals surface area contributed by atoms with Gasteiger partial charge in [0, 0.05) is 30.1 Å². The van der Waals surface area contributed by atoms with E-state index in [1.165, 1.54) is 36.0 Å². The van der Waals surface area contributed by atoms with Gasteiger partial charge in [0.15, 0.2) is 29.2 Å². The summed E-state index contributed by atoms with van der Waals surface area (Å²) in [6, 6.07) is 5.78. The largest absolute Gasteiger partial charge is 0.493 e. The van der Waals surface area contributed by atoms with E-state index >= 15 is 0 Å². The zero-order valence-electron chi connectivity index (χ0n) is 31.5. The second-order valence-corrected chi connectivity index (χ2v) is 15.1. The van der Waals surface area contributed by atoms with Gasteiger partial charge < -0.3 is 39.0 Å². The maximum Gasteiger partial charge on any atom is 0.416 e. The summed E-state index contributed by atoms with van der Waals surface area (Å²) in [4.78, 5) is 47.5. The molecule has 2 N–H and O–H groups in total. The van der Waals surface area contributed by atoms with Gasteiger partial charge in [-0.3, -0.25) is 14.6 Å². The molecule has 2 aromatic rings. The average Bonchev–Trinajstić information content (AvgIpc) is 3.46. The highest BCUT2D eigenvalue weighted by molar-refractivity contribution is 8.68. The Morgan fingerprint density at radius 3 is 2.24 bits per heavy atom. The molecule has 1 spiro atoms. The number of carbonyl (C=O) groups excluding carboxylic acids is 3. The minimum Gasteiger partial charge on any atom is -0.493 e. The normalized spacial score (nSPS) is 19.9. The van der Waals surface area contributed by atoms with E-state index in [-0.39, 0.29) is 41.5 Å². The van der Waals surface area contributed by atoms with E-state index in [1.807, 2.05) is 20.8 Å². The second kappa shape index (κ2) is 17.9. The van der Waals surface area contributed by atoms with E-state index < -0.39 is 23.9 Å². The first-order chi connectivity index (χ1) is 26.0. The van der Waals surface area contributed by atoms with Crippen molar-refractivity contribution in [2.45, 2.75) is 82.4 Å². The predicted molar refractivity (Wildman–Crippen MR) is 213 cm³/mol. The lowest BCUT2D eigenvalue weighted by Crippen LogP contribution is -2.55. The number of nitrogens with zero attached hydrogens (tertiary/aromatic N) is 3. The maximum absolute atomic E-state index is 13.8. The molecule has 6 rings (SSSR count). The molecule has 0 radical (unpaired) electrons. The number of benzene rings is 2.